The van der Waals surface area contributed by atoms with Crippen molar-refractivity contribution < 1.29 is 13.2 Å². The lowest BCUT2D eigenvalue weighted by molar-refractivity contribution is 0.156. The van der Waals surface area contributed by atoms with Crippen molar-refractivity contribution >= 4 is 34.1 Å². The Morgan fingerprint density at radius 2 is 2.00 bits per heavy atom. The monoisotopic (exact) mass is 234 g/mol. The first-order chi connectivity index (χ1) is 6.59. The summed E-state index contributed by atoms with van der Waals surface area (Å²) in [7, 11) is 0. The molecule has 1 aromatic carbocycles. The van der Waals surface area contributed by atoms with E-state index in [1.165, 1.54) is 18.2 Å². The predicted molar refractivity (Wildman–Crippen MR) is 54.0 cm³/mol. The summed E-state index contributed by atoms with van der Waals surface area (Å²) in [6.07, 6.45) is -2.51. The maximum Gasteiger partial charge on any atom is 0.272 e. The van der Waals surface area contributed by atoms with Crippen molar-refractivity contribution in [2.75, 3.05) is 0 Å². The molecule has 74 valence electrons. The van der Waals surface area contributed by atoms with Crippen LogP contribution >= 0.6 is 24.0 Å². The van der Waals surface area contributed by atoms with Crippen molar-refractivity contribution in [3.8, 4) is 0 Å². The van der Waals surface area contributed by atoms with Gasteiger partial charge in [-0.15, -0.1) is 24.0 Å². The lowest BCUT2D eigenvalue weighted by Gasteiger charge is -1.95. The first kappa shape index (κ1) is 9.86. The Balaban J connectivity index is 2.71. The van der Waals surface area contributed by atoms with Gasteiger partial charge < -0.3 is 0 Å². The molecule has 0 unspecified atom stereocenters. The molecule has 1 heterocycles. The van der Waals surface area contributed by atoms with Crippen LogP contribution in [0.2, 0.25) is 0 Å². The van der Waals surface area contributed by atoms with Gasteiger partial charge in [0.25, 0.3) is 6.43 Å². The molecular formula is C9H5F3S2. The minimum Gasteiger partial charge on any atom is -0.206 e. The molecule has 1 aromatic heterocycles. The molecule has 0 aliphatic heterocycles. The fourth-order valence-corrected chi connectivity index (χ4v) is 2.46. The Bertz CT molecular complexity index is 476. The normalized spacial score (nSPS) is 11.5. The molecule has 0 aliphatic carbocycles. The van der Waals surface area contributed by atoms with Gasteiger partial charge in [0.05, 0.1) is 4.88 Å². The van der Waals surface area contributed by atoms with E-state index in [-0.39, 0.29) is 9.77 Å². The minimum atomic E-state index is -2.51. The van der Waals surface area contributed by atoms with E-state index in [2.05, 4.69) is 12.6 Å². The third-order valence-electron chi connectivity index (χ3n) is 1.86. The summed E-state index contributed by atoms with van der Waals surface area (Å²) in [5.41, 5.74) is 0. The second kappa shape index (κ2) is 3.47. The van der Waals surface area contributed by atoms with E-state index >= 15 is 0 Å². The maximum absolute atomic E-state index is 13.0. The zero-order valence-corrected chi connectivity index (χ0v) is 8.51. The Morgan fingerprint density at radius 1 is 1.29 bits per heavy atom. The van der Waals surface area contributed by atoms with E-state index in [0.717, 1.165) is 11.3 Å². The molecule has 0 N–H and O–H groups in total. The number of alkyl halides is 2. The standard InChI is InChI=1S/C9H5F3S2/c10-5-1-2-6-4(8(5)13)3-7(14-6)9(11)12/h1-3,9,13H. The van der Waals surface area contributed by atoms with E-state index in [9.17, 15) is 13.2 Å². The summed E-state index contributed by atoms with van der Waals surface area (Å²) in [5.74, 6) is -0.487. The van der Waals surface area contributed by atoms with Crippen molar-refractivity contribution in [1.82, 2.24) is 0 Å². The van der Waals surface area contributed by atoms with E-state index in [1.54, 1.807) is 0 Å². The fraction of sp³-hybridized carbons (Fsp3) is 0.111. The van der Waals surface area contributed by atoms with Crippen LogP contribution in [0.3, 0.4) is 0 Å². The lowest BCUT2D eigenvalue weighted by atomic mass is 10.2. The van der Waals surface area contributed by atoms with Crippen LogP contribution in [0.15, 0.2) is 23.1 Å². The smallest absolute Gasteiger partial charge is 0.206 e. The summed E-state index contributed by atoms with van der Waals surface area (Å²) < 4.78 is 38.3. The van der Waals surface area contributed by atoms with Crippen LogP contribution in [0.25, 0.3) is 10.1 Å². The number of rotatable bonds is 1. The molecule has 0 amide bonds. The second-order valence-electron chi connectivity index (χ2n) is 2.76. The molecule has 0 radical (unpaired) electrons. The van der Waals surface area contributed by atoms with Gasteiger partial charge in [0.2, 0.25) is 0 Å². The van der Waals surface area contributed by atoms with Gasteiger partial charge in [-0.25, -0.2) is 13.2 Å². The van der Waals surface area contributed by atoms with E-state index in [0.29, 0.717) is 10.1 Å². The van der Waals surface area contributed by atoms with Crippen molar-refractivity contribution in [2.24, 2.45) is 0 Å². The molecule has 0 aliphatic rings. The number of hydrogen-bond acceptors (Lipinski definition) is 2. The zero-order chi connectivity index (χ0) is 10.3. The summed E-state index contributed by atoms with van der Waals surface area (Å²) in [5, 5.41) is 0.452. The largest absolute Gasteiger partial charge is 0.272 e. The molecule has 0 spiro atoms. The second-order valence-corrected chi connectivity index (χ2v) is 4.32. The summed E-state index contributed by atoms with van der Waals surface area (Å²) in [6, 6.07) is 4.01. The molecule has 0 saturated carbocycles. The third kappa shape index (κ3) is 1.50. The van der Waals surface area contributed by atoms with Crippen LogP contribution in [0.1, 0.15) is 11.3 Å². The van der Waals surface area contributed by atoms with Crippen LogP contribution in [0.5, 0.6) is 0 Å². The summed E-state index contributed by atoms with van der Waals surface area (Å²) in [6.45, 7) is 0. The fourth-order valence-electron chi connectivity index (χ4n) is 1.20. The van der Waals surface area contributed by atoms with E-state index in [1.807, 2.05) is 0 Å². The van der Waals surface area contributed by atoms with E-state index in [4.69, 9.17) is 0 Å². The molecule has 0 fully saturated rings. The zero-order valence-electron chi connectivity index (χ0n) is 6.80. The molecule has 14 heavy (non-hydrogen) atoms. The van der Waals surface area contributed by atoms with Gasteiger partial charge in [0.1, 0.15) is 5.82 Å². The number of halogens is 3. The molecular weight excluding hydrogens is 229 g/mol. The van der Waals surface area contributed by atoms with Crippen LogP contribution in [-0.4, -0.2) is 0 Å². The van der Waals surface area contributed by atoms with Crippen molar-refractivity contribution in [3.05, 3.63) is 28.9 Å². The molecule has 0 atom stereocenters. The van der Waals surface area contributed by atoms with Gasteiger partial charge in [-0.05, 0) is 18.2 Å². The Morgan fingerprint density at radius 3 is 2.64 bits per heavy atom. The molecule has 0 saturated heterocycles. The van der Waals surface area contributed by atoms with Crippen LogP contribution in [-0.2, 0) is 0 Å². The number of thiol groups is 1. The number of thiophene rings is 1. The van der Waals surface area contributed by atoms with Crippen molar-refractivity contribution in [3.63, 3.8) is 0 Å². The van der Waals surface area contributed by atoms with Crippen LogP contribution in [0.4, 0.5) is 13.2 Å². The Hall–Kier alpha value is -0.680. The minimum absolute atomic E-state index is 0.0547. The van der Waals surface area contributed by atoms with Crippen molar-refractivity contribution in [2.45, 2.75) is 11.3 Å². The van der Waals surface area contributed by atoms with Gasteiger partial charge in [0.15, 0.2) is 0 Å². The van der Waals surface area contributed by atoms with Crippen molar-refractivity contribution in [1.29, 1.82) is 0 Å². The molecule has 2 aromatic rings. The summed E-state index contributed by atoms with van der Waals surface area (Å²) >= 11 is 4.89. The lowest BCUT2D eigenvalue weighted by Crippen LogP contribution is -1.76. The summed E-state index contributed by atoms with van der Waals surface area (Å²) in [4.78, 5) is 0.0755. The molecule has 5 heteroatoms. The highest BCUT2D eigenvalue weighted by Gasteiger charge is 2.13. The predicted octanol–water partition coefficient (Wildman–Crippen LogP) is 4.27. The Labute approximate surface area is 87.8 Å². The van der Waals surface area contributed by atoms with E-state index < -0.39 is 12.2 Å². The average molecular weight is 234 g/mol. The number of benzene rings is 1. The van der Waals surface area contributed by atoms with Crippen LogP contribution in [0, 0.1) is 5.82 Å². The third-order valence-corrected chi connectivity index (χ3v) is 3.42. The number of hydrogen-bond donors (Lipinski definition) is 1. The highest BCUT2D eigenvalue weighted by Crippen LogP contribution is 2.36. The SMILES string of the molecule is Fc1ccc2sc(C(F)F)cc2c1S. The van der Waals surface area contributed by atoms with Gasteiger partial charge in [-0.3, -0.25) is 0 Å². The quantitative estimate of drug-likeness (QED) is 0.700. The van der Waals surface area contributed by atoms with Gasteiger partial charge in [-0.2, -0.15) is 0 Å². The maximum atomic E-state index is 13.0. The molecule has 2 rings (SSSR count). The van der Waals surface area contributed by atoms with Crippen LogP contribution < -0.4 is 0 Å². The molecule has 0 nitrogen and oxygen atoms in total. The average Bonchev–Trinajstić information content (AvgIpc) is 2.56. The Kier molecular flexibility index (Phi) is 2.45. The first-order valence-electron chi connectivity index (χ1n) is 3.78. The van der Waals surface area contributed by atoms with Gasteiger partial charge in [0, 0.05) is 15.0 Å². The molecule has 0 bridgehead atoms. The first-order valence-corrected chi connectivity index (χ1v) is 5.05. The highest BCUT2D eigenvalue weighted by molar-refractivity contribution is 7.80. The highest BCUT2D eigenvalue weighted by atomic mass is 32.1. The topological polar surface area (TPSA) is 0 Å². The van der Waals surface area contributed by atoms with Gasteiger partial charge in [-0.1, -0.05) is 0 Å². The van der Waals surface area contributed by atoms with Gasteiger partial charge >= 0.3 is 0 Å². The number of fused-ring (bicyclic) bond motifs is 1.